The molecule has 0 radical (unpaired) electrons. The number of hydrogen-bond acceptors (Lipinski definition) is 8. The summed E-state index contributed by atoms with van der Waals surface area (Å²) in [6.07, 6.45) is 4.79. The zero-order chi connectivity index (χ0) is 28.6. The highest BCUT2D eigenvalue weighted by molar-refractivity contribution is 6.30. The fourth-order valence-corrected chi connectivity index (χ4v) is 5.03. The van der Waals surface area contributed by atoms with Crippen molar-refractivity contribution in [3.63, 3.8) is 0 Å². The molecule has 5 rings (SSSR count). The van der Waals surface area contributed by atoms with Gasteiger partial charge in [0.05, 0.1) is 18.0 Å². The third-order valence-electron chi connectivity index (χ3n) is 6.57. The van der Waals surface area contributed by atoms with Crippen LogP contribution in [0, 0.1) is 0 Å². The molecule has 0 spiro atoms. The van der Waals surface area contributed by atoms with E-state index in [1.807, 2.05) is 22.7 Å². The van der Waals surface area contributed by atoms with Crippen molar-refractivity contribution >= 4 is 23.2 Å². The zero-order valence-electron chi connectivity index (χ0n) is 22.0. The Bertz CT molecular complexity index is 1540. The summed E-state index contributed by atoms with van der Waals surface area (Å²) < 4.78 is 44.2. The van der Waals surface area contributed by atoms with Crippen LogP contribution in [0.2, 0.25) is 5.02 Å². The molecule has 12 heteroatoms. The first kappa shape index (κ1) is 27.9. The van der Waals surface area contributed by atoms with E-state index in [0.717, 1.165) is 5.56 Å². The number of pyridine rings is 1. The highest BCUT2D eigenvalue weighted by Gasteiger charge is 2.39. The Kier molecular flexibility index (Phi) is 7.72. The van der Waals surface area contributed by atoms with Gasteiger partial charge in [0.2, 0.25) is 0 Å². The van der Waals surface area contributed by atoms with Gasteiger partial charge in [0, 0.05) is 46.2 Å². The van der Waals surface area contributed by atoms with Crippen LogP contribution in [-0.2, 0) is 19.9 Å². The van der Waals surface area contributed by atoms with E-state index in [2.05, 4.69) is 9.97 Å². The van der Waals surface area contributed by atoms with Crippen molar-refractivity contribution in [3.05, 3.63) is 76.7 Å². The van der Waals surface area contributed by atoms with Crippen LogP contribution in [0.4, 0.5) is 8.78 Å². The van der Waals surface area contributed by atoms with Crippen molar-refractivity contribution in [2.45, 2.75) is 51.4 Å². The second kappa shape index (κ2) is 11.1. The largest absolute Gasteiger partial charge is 0.464 e. The van der Waals surface area contributed by atoms with Crippen LogP contribution in [-0.4, -0.2) is 50.3 Å². The van der Waals surface area contributed by atoms with Crippen LogP contribution < -0.4 is 4.74 Å². The van der Waals surface area contributed by atoms with E-state index in [1.54, 1.807) is 39.2 Å². The summed E-state index contributed by atoms with van der Waals surface area (Å²) in [5.74, 6) is -0.732. The molecule has 1 aromatic carbocycles. The van der Waals surface area contributed by atoms with Crippen LogP contribution in [0.3, 0.4) is 0 Å². The molecule has 40 heavy (non-hydrogen) atoms. The number of rotatable bonds is 9. The highest BCUT2D eigenvalue weighted by Crippen LogP contribution is 2.49. The molecule has 3 heterocycles. The summed E-state index contributed by atoms with van der Waals surface area (Å²) in [5, 5.41) is 10.5. The Labute approximate surface area is 233 Å². The fourth-order valence-electron chi connectivity index (χ4n) is 4.85. The summed E-state index contributed by atoms with van der Waals surface area (Å²) >= 11 is 6.29. The summed E-state index contributed by atoms with van der Waals surface area (Å²) in [6, 6.07) is 8.15. The summed E-state index contributed by atoms with van der Waals surface area (Å²) in [5.41, 5.74) is 2.58. The van der Waals surface area contributed by atoms with E-state index in [0.29, 0.717) is 39.6 Å². The molecule has 210 valence electrons. The summed E-state index contributed by atoms with van der Waals surface area (Å²) in [4.78, 5) is 25.4. The molecule has 3 aromatic heterocycles. The van der Waals surface area contributed by atoms with Crippen molar-refractivity contribution < 1.29 is 32.9 Å². The van der Waals surface area contributed by atoms with Gasteiger partial charge in [0.1, 0.15) is 29.7 Å². The zero-order valence-corrected chi connectivity index (χ0v) is 22.7. The first-order valence-electron chi connectivity index (χ1n) is 12.6. The molecule has 2 unspecified atom stereocenters. The number of nitrogens with zero attached hydrogens (tertiary/aromatic N) is 4. The number of carbonyl (C=O) groups excluding carboxylic acids is 1. The summed E-state index contributed by atoms with van der Waals surface area (Å²) in [7, 11) is 0. The maximum atomic E-state index is 13.3. The number of carbonyl (C=O) groups is 1. The Morgan fingerprint density at radius 2 is 1.95 bits per heavy atom. The first-order chi connectivity index (χ1) is 19.0. The van der Waals surface area contributed by atoms with Gasteiger partial charge in [-0.1, -0.05) is 11.6 Å². The third-order valence-corrected chi connectivity index (χ3v) is 6.81. The molecule has 0 fully saturated rings. The molecule has 0 saturated heterocycles. The lowest BCUT2D eigenvalue weighted by molar-refractivity contribution is -0.150. The van der Waals surface area contributed by atoms with Gasteiger partial charge in [-0.15, -0.1) is 0 Å². The van der Waals surface area contributed by atoms with Gasteiger partial charge in [-0.3, -0.25) is 0 Å². The molecular weight excluding hydrogens is 546 g/mol. The van der Waals surface area contributed by atoms with Crippen molar-refractivity contribution in [2.24, 2.45) is 0 Å². The van der Waals surface area contributed by atoms with E-state index >= 15 is 0 Å². The molecule has 0 aliphatic heterocycles. The number of esters is 1. The van der Waals surface area contributed by atoms with Crippen LogP contribution in [0.1, 0.15) is 62.0 Å². The number of ether oxygens (including phenoxy) is 3. The maximum absolute atomic E-state index is 13.3. The van der Waals surface area contributed by atoms with Crippen molar-refractivity contribution in [2.75, 3.05) is 13.2 Å². The average Bonchev–Trinajstić information content (AvgIpc) is 3.45. The molecule has 0 bridgehead atoms. The van der Waals surface area contributed by atoms with Gasteiger partial charge < -0.3 is 23.7 Å². The predicted octanol–water partition coefficient (Wildman–Crippen LogP) is 5.43. The number of aliphatic hydroxyl groups is 1. The van der Waals surface area contributed by atoms with E-state index in [1.165, 1.54) is 12.1 Å². The van der Waals surface area contributed by atoms with Crippen molar-refractivity contribution in [1.82, 2.24) is 19.4 Å². The van der Waals surface area contributed by atoms with Crippen LogP contribution in [0.25, 0.3) is 16.8 Å². The lowest BCUT2D eigenvalue weighted by Gasteiger charge is -2.19. The minimum Gasteiger partial charge on any atom is -0.464 e. The SMILES string of the molecule is CCOC(=O)COC1CC(c2cc(Cl)ccc2OC(F)F)c2c1nc1ccc(-c3cnc(C(C)(C)O)nc3)cn21. The number of hydrogen-bond donors (Lipinski definition) is 1. The van der Waals surface area contributed by atoms with Gasteiger partial charge in [-0.05, 0) is 57.5 Å². The first-order valence-corrected chi connectivity index (χ1v) is 13.0. The molecule has 9 nitrogen and oxygen atoms in total. The Balaban J connectivity index is 1.60. The number of fused-ring (bicyclic) bond motifs is 3. The minimum atomic E-state index is -3.03. The van der Waals surface area contributed by atoms with Gasteiger partial charge in [0.25, 0.3) is 0 Å². The molecule has 4 aromatic rings. The summed E-state index contributed by atoms with van der Waals surface area (Å²) in [6.45, 7) is 1.81. The topological polar surface area (TPSA) is 108 Å². The Morgan fingerprint density at radius 3 is 2.62 bits per heavy atom. The highest BCUT2D eigenvalue weighted by atomic mass is 35.5. The molecule has 2 atom stereocenters. The number of halogens is 3. The van der Waals surface area contributed by atoms with Crippen molar-refractivity contribution in [3.8, 4) is 16.9 Å². The molecular formula is C28H27ClF2N4O5. The Morgan fingerprint density at radius 1 is 1.20 bits per heavy atom. The van der Waals surface area contributed by atoms with Crippen LogP contribution in [0.5, 0.6) is 5.75 Å². The van der Waals surface area contributed by atoms with Crippen molar-refractivity contribution in [1.29, 1.82) is 0 Å². The van der Waals surface area contributed by atoms with Gasteiger partial charge >= 0.3 is 12.6 Å². The fraction of sp³-hybridized carbons (Fsp3) is 0.357. The second-order valence-electron chi connectivity index (χ2n) is 9.84. The van der Waals surface area contributed by atoms with E-state index in [4.69, 9.17) is 30.8 Å². The van der Waals surface area contributed by atoms with E-state index in [9.17, 15) is 18.7 Å². The van der Waals surface area contributed by atoms with E-state index < -0.39 is 30.2 Å². The van der Waals surface area contributed by atoms with Gasteiger partial charge in [0.15, 0.2) is 5.82 Å². The minimum absolute atomic E-state index is 0.0110. The number of alkyl halides is 2. The lowest BCUT2D eigenvalue weighted by Crippen LogP contribution is -2.19. The number of aromatic nitrogens is 4. The molecule has 1 aliphatic carbocycles. The lowest BCUT2D eigenvalue weighted by atomic mass is 9.95. The number of imidazole rings is 1. The molecule has 1 N–H and O–H groups in total. The van der Waals surface area contributed by atoms with E-state index in [-0.39, 0.29) is 24.8 Å². The predicted molar refractivity (Wildman–Crippen MR) is 141 cm³/mol. The smallest absolute Gasteiger partial charge is 0.387 e. The molecule has 0 saturated carbocycles. The normalized spacial score (nSPS) is 16.9. The Hall–Kier alpha value is -3.67. The van der Waals surface area contributed by atoms with Crippen LogP contribution >= 0.6 is 11.6 Å². The quantitative estimate of drug-likeness (QED) is 0.265. The average molecular weight is 573 g/mol. The van der Waals surface area contributed by atoms with Crippen LogP contribution in [0.15, 0.2) is 48.9 Å². The molecule has 0 amide bonds. The standard InChI is InChI=1S/C28H27ClF2N4O5/c1-4-38-23(36)14-39-21-10-19(18-9-17(29)6-7-20(18)40-27(30)31)25-24(21)34-22-8-5-15(13-35(22)25)16-11-32-26(33-12-16)28(2,3)37/h5-9,11-13,19,21,27,37H,4,10,14H2,1-3H3. The van der Waals surface area contributed by atoms with Gasteiger partial charge in [-0.2, -0.15) is 8.78 Å². The molecule has 1 aliphatic rings. The second-order valence-corrected chi connectivity index (χ2v) is 10.3. The maximum Gasteiger partial charge on any atom is 0.387 e. The van der Waals surface area contributed by atoms with Gasteiger partial charge in [-0.25, -0.2) is 19.7 Å². The number of benzene rings is 1. The third kappa shape index (κ3) is 5.63. The monoisotopic (exact) mass is 572 g/mol.